The molecule has 0 amide bonds. The predicted molar refractivity (Wildman–Crippen MR) is 88.0 cm³/mol. The van der Waals surface area contributed by atoms with Crippen LogP contribution in [0.1, 0.15) is 51.9 Å². The van der Waals surface area contributed by atoms with Gasteiger partial charge >= 0.3 is 0 Å². The van der Waals surface area contributed by atoms with E-state index in [1.807, 2.05) is 0 Å². The zero-order valence-electron chi connectivity index (χ0n) is 13.5. The monoisotopic (exact) mass is 341 g/mol. The molecule has 0 aromatic carbocycles. The van der Waals surface area contributed by atoms with E-state index in [0.717, 1.165) is 25.4 Å². The minimum atomic E-state index is 0.304. The Labute approximate surface area is 131 Å². The minimum absolute atomic E-state index is 0.304. The molecule has 4 heteroatoms. The number of hydrogen-bond donors (Lipinski definition) is 1. The molecule has 1 aliphatic carbocycles. The van der Waals surface area contributed by atoms with Gasteiger partial charge in [-0.2, -0.15) is 5.10 Å². The molecule has 1 N–H and O–H groups in total. The van der Waals surface area contributed by atoms with Crippen LogP contribution in [0.4, 0.5) is 0 Å². The molecule has 0 aliphatic heterocycles. The topological polar surface area (TPSA) is 29.9 Å². The van der Waals surface area contributed by atoms with Crippen LogP contribution >= 0.6 is 15.9 Å². The standard InChI is InChI=1S/C16H28BrN3/c1-6-13-15(17)14(20(5)19-13)9-11(16(2,3)4)10-18-12-7-8-12/h11-12,18H,6-10H2,1-5H3. The van der Waals surface area contributed by atoms with E-state index in [0.29, 0.717) is 11.3 Å². The number of nitrogens with zero attached hydrogens (tertiary/aromatic N) is 2. The minimum Gasteiger partial charge on any atom is -0.314 e. The van der Waals surface area contributed by atoms with Crippen molar-refractivity contribution >= 4 is 15.9 Å². The highest BCUT2D eigenvalue weighted by Crippen LogP contribution is 2.33. The number of aromatic nitrogens is 2. The Balaban J connectivity index is 2.11. The van der Waals surface area contributed by atoms with Gasteiger partial charge in [-0.3, -0.25) is 4.68 Å². The van der Waals surface area contributed by atoms with Gasteiger partial charge in [-0.15, -0.1) is 0 Å². The average molecular weight is 342 g/mol. The van der Waals surface area contributed by atoms with E-state index in [4.69, 9.17) is 0 Å². The Kier molecular flexibility index (Phi) is 4.96. The third-order valence-corrected chi connectivity index (χ3v) is 5.31. The maximum atomic E-state index is 4.62. The molecule has 0 radical (unpaired) electrons. The van der Waals surface area contributed by atoms with Crippen molar-refractivity contribution in [1.29, 1.82) is 0 Å². The van der Waals surface area contributed by atoms with Gasteiger partial charge < -0.3 is 5.32 Å². The summed E-state index contributed by atoms with van der Waals surface area (Å²) in [7, 11) is 2.06. The molecular formula is C16H28BrN3. The molecule has 1 unspecified atom stereocenters. The van der Waals surface area contributed by atoms with E-state index in [-0.39, 0.29) is 0 Å². The van der Waals surface area contributed by atoms with Crippen LogP contribution in [0.5, 0.6) is 0 Å². The number of hydrogen-bond acceptors (Lipinski definition) is 2. The molecule has 2 rings (SSSR count). The maximum absolute atomic E-state index is 4.62. The fraction of sp³-hybridized carbons (Fsp3) is 0.812. The van der Waals surface area contributed by atoms with Gasteiger partial charge in [0, 0.05) is 13.1 Å². The van der Waals surface area contributed by atoms with Gasteiger partial charge in [-0.1, -0.05) is 27.7 Å². The normalized spacial score (nSPS) is 17.5. The molecule has 1 atom stereocenters. The Morgan fingerprint density at radius 2 is 2.05 bits per heavy atom. The first-order valence-electron chi connectivity index (χ1n) is 7.76. The molecule has 114 valence electrons. The summed E-state index contributed by atoms with van der Waals surface area (Å²) in [6.45, 7) is 10.3. The average Bonchev–Trinajstić information content (AvgIpc) is 3.13. The molecule has 1 fully saturated rings. The molecule has 0 saturated heterocycles. The highest BCUT2D eigenvalue weighted by molar-refractivity contribution is 9.10. The Bertz CT molecular complexity index is 455. The molecule has 1 aromatic heterocycles. The fourth-order valence-corrected chi connectivity index (χ4v) is 3.33. The summed E-state index contributed by atoms with van der Waals surface area (Å²) in [4.78, 5) is 0. The van der Waals surface area contributed by atoms with E-state index in [2.05, 4.69) is 65.8 Å². The lowest BCUT2D eigenvalue weighted by atomic mass is 9.78. The fourth-order valence-electron chi connectivity index (χ4n) is 2.56. The second-order valence-corrected chi connectivity index (χ2v) is 7.93. The van der Waals surface area contributed by atoms with E-state index in [9.17, 15) is 0 Å². The molecule has 1 aliphatic rings. The number of rotatable bonds is 6. The summed E-state index contributed by atoms with van der Waals surface area (Å²) in [6.07, 6.45) is 4.76. The van der Waals surface area contributed by atoms with E-state index >= 15 is 0 Å². The van der Waals surface area contributed by atoms with Crippen LogP contribution in [0, 0.1) is 11.3 Å². The Hall–Kier alpha value is -0.350. The summed E-state index contributed by atoms with van der Waals surface area (Å²) < 4.78 is 3.27. The van der Waals surface area contributed by atoms with Crippen LogP contribution in [0.2, 0.25) is 0 Å². The zero-order chi connectivity index (χ0) is 14.9. The number of aryl methyl sites for hydroxylation is 2. The summed E-state index contributed by atoms with van der Waals surface area (Å²) in [5.74, 6) is 0.625. The van der Waals surface area contributed by atoms with Crippen LogP contribution in [0.15, 0.2) is 4.47 Å². The molecular weight excluding hydrogens is 314 g/mol. The predicted octanol–water partition coefficient (Wildman–Crippen LogP) is 3.70. The van der Waals surface area contributed by atoms with Crippen molar-refractivity contribution in [2.45, 2.75) is 59.4 Å². The molecule has 1 saturated carbocycles. The summed E-state index contributed by atoms with van der Waals surface area (Å²) in [5, 5.41) is 8.32. The van der Waals surface area contributed by atoms with Gasteiger partial charge in [-0.25, -0.2) is 0 Å². The van der Waals surface area contributed by atoms with Crippen molar-refractivity contribution in [3.63, 3.8) is 0 Å². The van der Waals surface area contributed by atoms with Gasteiger partial charge in [0.15, 0.2) is 0 Å². The third kappa shape index (κ3) is 3.85. The molecule has 1 aromatic rings. The lowest BCUT2D eigenvalue weighted by Crippen LogP contribution is -2.34. The van der Waals surface area contributed by atoms with Crippen molar-refractivity contribution in [3.8, 4) is 0 Å². The number of nitrogens with one attached hydrogen (secondary N) is 1. The molecule has 1 heterocycles. The SMILES string of the molecule is CCc1nn(C)c(CC(CNC2CC2)C(C)(C)C)c1Br. The molecule has 0 bridgehead atoms. The first-order chi connectivity index (χ1) is 9.32. The van der Waals surface area contributed by atoms with Crippen LogP contribution in [-0.4, -0.2) is 22.4 Å². The van der Waals surface area contributed by atoms with E-state index in [1.165, 1.54) is 28.7 Å². The molecule has 3 nitrogen and oxygen atoms in total. The van der Waals surface area contributed by atoms with Crippen LogP contribution < -0.4 is 5.32 Å². The summed E-state index contributed by atoms with van der Waals surface area (Å²) >= 11 is 3.75. The van der Waals surface area contributed by atoms with E-state index < -0.39 is 0 Å². The zero-order valence-corrected chi connectivity index (χ0v) is 15.0. The van der Waals surface area contributed by atoms with Gasteiger partial charge in [-0.05, 0) is 59.5 Å². The molecule has 20 heavy (non-hydrogen) atoms. The largest absolute Gasteiger partial charge is 0.314 e. The van der Waals surface area contributed by atoms with Gasteiger partial charge in [0.1, 0.15) is 0 Å². The van der Waals surface area contributed by atoms with E-state index in [1.54, 1.807) is 0 Å². The summed E-state index contributed by atoms with van der Waals surface area (Å²) in [5.41, 5.74) is 2.81. The second kappa shape index (κ2) is 6.18. The number of halogens is 1. The third-order valence-electron chi connectivity index (χ3n) is 4.40. The maximum Gasteiger partial charge on any atom is 0.0766 e. The Morgan fingerprint density at radius 3 is 2.50 bits per heavy atom. The van der Waals surface area contributed by atoms with Crippen molar-refractivity contribution < 1.29 is 0 Å². The van der Waals surface area contributed by atoms with Crippen LogP contribution in [0.3, 0.4) is 0 Å². The Morgan fingerprint density at radius 1 is 1.40 bits per heavy atom. The van der Waals surface area contributed by atoms with Crippen molar-refractivity contribution in [2.24, 2.45) is 18.4 Å². The van der Waals surface area contributed by atoms with Crippen LogP contribution in [0.25, 0.3) is 0 Å². The van der Waals surface area contributed by atoms with Gasteiger partial charge in [0.05, 0.1) is 15.9 Å². The first kappa shape index (κ1) is 16.0. The van der Waals surface area contributed by atoms with Crippen molar-refractivity contribution in [1.82, 2.24) is 15.1 Å². The van der Waals surface area contributed by atoms with Gasteiger partial charge in [0.25, 0.3) is 0 Å². The second-order valence-electron chi connectivity index (χ2n) is 7.13. The van der Waals surface area contributed by atoms with Crippen molar-refractivity contribution in [3.05, 3.63) is 15.9 Å². The lowest BCUT2D eigenvalue weighted by Gasteiger charge is -2.31. The highest BCUT2D eigenvalue weighted by Gasteiger charge is 2.29. The molecule has 0 spiro atoms. The smallest absolute Gasteiger partial charge is 0.0766 e. The van der Waals surface area contributed by atoms with Crippen LogP contribution in [-0.2, 0) is 19.9 Å². The lowest BCUT2D eigenvalue weighted by molar-refractivity contribution is 0.226. The highest BCUT2D eigenvalue weighted by atomic mass is 79.9. The first-order valence-corrected chi connectivity index (χ1v) is 8.55. The quantitative estimate of drug-likeness (QED) is 0.854. The van der Waals surface area contributed by atoms with Crippen molar-refractivity contribution in [2.75, 3.05) is 6.54 Å². The summed E-state index contributed by atoms with van der Waals surface area (Å²) in [6, 6.07) is 0.779. The van der Waals surface area contributed by atoms with Gasteiger partial charge in [0.2, 0.25) is 0 Å².